The number of ether oxygens (including phenoxy) is 1. The van der Waals surface area contributed by atoms with Gasteiger partial charge in [0.1, 0.15) is 5.82 Å². The number of hydrogen-bond acceptors (Lipinski definition) is 5. The molecule has 98 valence electrons. The van der Waals surface area contributed by atoms with Crippen LogP contribution in [0.4, 0.5) is 11.5 Å². The lowest BCUT2D eigenvalue weighted by molar-refractivity contribution is -0.384. The Morgan fingerprint density at radius 2 is 2.33 bits per heavy atom. The van der Waals surface area contributed by atoms with Gasteiger partial charge in [-0.1, -0.05) is 13.8 Å². The van der Waals surface area contributed by atoms with E-state index >= 15 is 0 Å². The van der Waals surface area contributed by atoms with Crippen LogP contribution in [0.15, 0.2) is 18.3 Å². The van der Waals surface area contributed by atoms with E-state index in [-0.39, 0.29) is 23.2 Å². The minimum atomic E-state index is -0.420. The Balaban J connectivity index is 2.07. The van der Waals surface area contributed by atoms with Crippen LogP contribution in [0.25, 0.3) is 0 Å². The molecule has 1 aliphatic carbocycles. The van der Waals surface area contributed by atoms with Crippen molar-refractivity contribution in [3.8, 4) is 0 Å². The fraction of sp³-hybridized carbons (Fsp3) is 0.583. The topological polar surface area (TPSA) is 77.3 Å². The number of nitro groups is 1. The Labute approximate surface area is 106 Å². The number of rotatable bonds is 4. The van der Waals surface area contributed by atoms with Gasteiger partial charge in [0.2, 0.25) is 0 Å². The van der Waals surface area contributed by atoms with E-state index in [4.69, 9.17) is 4.74 Å². The predicted molar refractivity (Wildman–Crippen MR) is 67.5 cm³/mol. The summed E-state index contributed by atoms with van der Waals surface area (Å²) in [6.07, 6.45) is 2.54. The van der Waals surface area contributed by atoms with Crippen LogP contribution >= 0.6 is 0 Å². The number of methoxy groups -OCH3 is 1. The van der Waals surface area contributed by atoms with Gasteiger partial charge in [0.05, 0.1) is 17.1 Å². The average Bonchev–Trinajstić information content (AvgIpc) is 2.34. The van der Waals surface area contributed by atoms with Gasteiger partial charge < -0.3 is 10.1 Å². The van der Waals surface area contributed by atoms with Crippen molar-refractivity contribution in [2.45, 2.75) is 32.4 Å². The first-order chi connectivity index (χ1) is 8.45. The largest absolute Gasteiger partial charge is 0.381 e. The fourth-order valence-electron chi connectivity index (χ4n) is 2.32. The van der Waals surface area contributed by atoms with E-state index in [9.17, 15) is 10.1 Å². The predicted octanol–water partition coefficient (Wildman–Crippen LogP) is 2.22. The maximum absolute atomic E-state index is 10.7. The summed E-state index contributed by atoms with van der Waals surface area (Å²) in [5.41, 5.74) is 0.0500. The van der Waals surface area contributed by atoms with Gasteiger partial charge in [-0.15, -0.1) is 0 Å². The van der Waals surface area contributed by atoms with Crippen LogP contribution in [0, 0.1) is 15.5 Å². The molecule has 0 radical (unpaired) electrons. The number of hydrogen-bond donors (Lipinski definition) is 1. The molecule has 1 aliphatic rings. The molecule has 1 aromatic heterocycles. The lowest BCUT2D eigenvalue weighted by Gasteiger charge is -2.51. The zero-order valence-electron chi connectivity index (χ0n) is 10.7. The number of nitrogens with zero attached hydrogens (tertiary/aromatic N) is 2. The summed E-state index contributed by atoms with van der Waals surface area (Å²) < 4.78 is 5.36. The molecule has 1 fully saturated rings. The molecular formula is C12H17N3O3. The van der Waals surface area contributed by atoms with E-state index in [1.165, 1.54) is 18.3 Å². The van der Waals surface area contributed by atoms with Crippen LogP contribution in [0.1, 0.15) is 20.3 Å². The highest BCUT2D eigenvalue weighted by Gasteiger charge is 2.48. The Morgan fingerprint density at radius 1 is 1.61 bits per heavy atom. The molecule has 2 atom stereocenters. The van der Waals surface area contributed by atoms with Gasteiger partial charge >= 0.3 is 0 Å². The monoisotopic (exact) mass is 251 g/mol. The summed E-state index contributed by atoms with van der Waals surface area (Å²) in [4.78, 5) is 14.4. The molecule has 1 saturated carbocycles. The van der Waals surface area contributed by atoms with Gasteiger partial charge in [-0.05, 0) is 6.42 Å². The second-order valence-electron chi connectivity index (χ2n) is 5.13. The highest BCUT2D eigenvalue weighted by atomic mass is 16.6. The van der Waals surface area contributed by atoms with E-state index in [1.54, 1.807) is 7.11 Å². The number of nitrogens with one attached hydrogen (secondary N) is 1. The highest BCUT2D eigenvalue weighted by molar-refractivity contribution is 5.45. The van der Waals surface area contributed by atoms with Crippen LogP contribution in [0.3, 0.4) is 0 Å². The third-order valence-corrected chi connectivity index (χ3v) is 3.74. The Hall–Kier alpha value is -1.69. The number of aromatic nitrogens is 1. The van der Waals surface area contributed by atoms with Crippen LogP contribution in [0.5, 0.6) is 0 Å². The summed E-state index contributed by atoms with van der Waals surface area (Å²) in [7, 11) is 1.70. The Morgan fingerprint density at radius 3 is 2.89 bits per heavy atom. The molecule has 0 saturated heterocycles. The highest BCUT2D eigenvalue weighted by Crippen LogP contribution is 2.43. The quantitative estimate of drug-likeness (QED) is 0.655. The molecule has 1 N–H and O–H groups in total. The minimum absolute atomic E-state index is 0.00104. The molecule has 6 heteroatoms. The second kappa shape index (κ2) is 4.53. The van der Waals surface area contributed by atoms with Crippen molar-refractivity contribution in [2.24, 2.45) is 5.41 Å². The van der Waals surface area contributed by atoms with Gasteiger partial charge in [-0.3, -0.25) is 10.1 Å². The van der Waals surface area contributed by atoms with Crippen LogP contribution < -0.4 is 5.32 Å². The molecule has 0 bridgehead atoms. The Bertz CT molecular complexity index is 462. The van der Waals surface area contributed by atoms with Crippen LogP contribution in [-0.2, 0) is 4.74 Å². The first kappa shape index (κ1) is 12.8. The smallest absolute Gasteiger partial charge is 0.274 e. The van der Waals surface area contributed by atoms with Gasteiger partial charge in [-0.25, -0.2) is 4.98 Å². The summed E-state index contributed by atoms with van der Waals surface area (Å²) in [6.45, 7) is 4.22. The second-order valence-corrected chi connectivity index (χ2v) is 5.13. The van der Waals surface area contributed by atoms with Crippen molar-refractivity contribution in [3.63, 3.8) is 0 Å². The molecule has 2 unspecified atom stereocenters. The van der Waals surface area contributed by atoms with Crippen LogP contribution in [0.2, 0.25) is 0 Å². The van der Waals surface area contributed by atoms with E-state index in [1.807, 2.05) is 0 Å². The first-order valence-electron chi connectivity index (χ1n) is 5.85. The molecule has 0 aromatic carbocycles. The first-order valence-corrected chi connectivity index (χ1v) is 5.85. The normalized spacial score (nSPS) is 25.3. The summed E-state index contributed by atoms with van der Waals surface area (Å²) in [5.74, 6) is 0.539. The van der Waals surface area contributed by atoms with E-state index < -0.39 is 4.92 Å². The molecule has 0 amide bonds. The van der Waals surface area contributed by atoms with Crippen molar-refractivity contribution >= 4 is 11.5 Å². The van der Waals surface area contributed by atoms with Crippen molar-refractivity contribution in [3.05, 3.63) is 28.4 Å². The van der Waals surface area contributed by atoms with Gasteiger partial charge in [0.25, 0.3) is 5.69 Å². The van der Waals surface area contributed by atoms with Gasteiger partial charge in [0.15, 0.2) is 0 Å². The molecule has 0 aliphatic heterocycles. The lowest BCUT2D eigenvalue weighted by atomic mass is 9.64. The molecule has 1 heterocycles. The standard InChI is InChI=1S/C12H17N3O3/c1-12(2)9(7-10(12)18-3)14-11-6-8(15(16)17)4-5-13-11/h4-6,9-10H,7H2,1-3H3,(H,13,14). The summed E-state index contributed by atoms with van der Waals surface area (Å²) in [6, 6.07) is 3.06. The van der Waals surface area contributed by atoms with Crippen molar-refractivity contribution in [2.75, 3.05) is 12.4 Å². The lowest BCUT2D eigenvalue weighted by Crippen LogP contribution is -2.57. The third-order valence-electron chi connectivity index (χ3n) is 3.74. The number of pyridine rings is 1. The van der Waals surface area contributed by atoms with E-state index in [0.29, 0.717) is 5.82 Å². The summed E-state index contributed by atoms with van der Waals surface area (Å²) in [5, 5.41) is 13.9. The van der Waals surface area contributed by atoms with Crippen LogP contribution in [-0.4, -0.2) is 29.2 Å². The average molecular weight is 251 g/mol. The van der Waals surface area contributed by atoms with Gasteiger partial charge in [0, 0.05) is 30.8 Å². The fourth-order valence-corrected chi connectivity index (χ4v) is 2.32. The van der Waals surface area contributed by atoms with E-state index in [2.05, 4.69) is 24.1 Å². The number of anilines is 1. The molecule has 2 rings (SSSR count). The molecule has 1 aromatic rings. The Kier molecular flexibility index (Phi) is 3.21. The van der Waals surface area contributed by atoms with Crippen molar-refractivity contribution < 1.29 is 9.66 Å². The zero-order valence-corrected chi connectivity index (χ0v) is 10.7. The molecular weight excluding hydrogens is 234 g/mol. The zero-order chi connectivity index (χ0) is 13.3. The molecule has 6 nitrogen and oxygen atoms in total. The molecule has 18 heavy (non-hydrogen) atoms. The maximum atomic E-state index is 10.7. The molecule has 0 spiro atoms. The summed E-state index contributed by atoms with van der Waals surface area (Å²) >= 11 is 0. The van der Waals surface area contributed by atoms with Gasteiger partial charge in [-0.2, -0.15) is 0 Å². The van der Waals surface area contributed by atoms with Crippen molar-refractivity contribution in [1.82, 2.24) is 4.98 Å². The SMILES string of the molecule is COC1CC(Nc2cc([N+](=O)[O-])ccn2)C1(C)C. The van der Waals surface area contributed by atoms with Crippen molar-refractivity contribution in [1.29, 1.82) is 0 Å². The maximum Gasteiger partial charge on any atom is 0.274 e. The van der Waals surface area contributed by atoms with E-state index in [0.717, 1.165) is 6.42 Å². The minimum Gasteiger partial charge on any atom is -0.381 e. The third kappa shape index (κ3) is 2.15.